The molecule has 0 aliphatic carbocycles. The standard InChI is InChI=1S/C18H14F2N2O3S2/c1-10(12-5-4-11(19)7-13(12)20)21-16(23)8-25-18(24)14-9-27-17(22-14)15-3-2-6-26-15/h2-7,9-10H,8H2,1H3,(H,21,23)/t10-/m0/s1. The van der Waals surface area contributed by atoms with Crippen LogP contribution in [-0.2, 0) is 9.53 Å². The summed E-state index contributed by atoms with van der Waals surface area (Å²) >= 11 is 2.81. The van der Waals surface area contributed by atoms with Gasteiger partial charge in [0.05, 0.1) is 10.9 Å². The molecule has 0 aliphatic heterocycles. The molecule has 1 atom stereocenters. The number of thiazole rings is 1. The Labute approximate surface area is 161 Å². The van der Waals surface area contributed by atoms with E-state index in [-0.39, 0.29) is 11.3 Å². The lowest BCUT2D eigenvalue weighted by molar-refractivity contribution is -0.124. The number of ether oxygens (including phenoxy) is 1. The minimum absolute atomic E-state index is 0.119. The third kappa shape index (κ3) is 4.75. The average Bonchev–Trinajstić information content (AvgIpc) is 3.30. The topological polar surface area (TPSA) is 68.3 Å². The molecule has 27 heavy (non-hydrogen) atoms. The Bertz CT molecular complexity index is 957. The number of hydrogen-bond donors (Lipinski definition) is 1. The molecule has 9 heteroatoms. The third-order valence-corrected chi connectivity index (χ3v) is 5.47. The van der Waals surface area contributed by atoms with Gasteiger partial charge in [0.15, 0.2) is 12.3 Å². The summed E-state index contributed by atoms with van der Waals surface area (Å²) < 4.78 is 31.6. The van der Waals surface area contributed by atoms with Gasteiger partial charge in [-0.3, -0.25) is 4.79 Å². The molecule has 140 valence electrons. The quantitative estimate of drug-likeness (QED) is 0.621. The highest BCUT2D eigenvalue weighted by molar-refractivity contribution is 7.20. The highest BCUT2D eigenvalue weighted by atomic mass is 32.1. The Hall–Kier alpha value is -2.65. The van der Waals surface area contributed by atoms with Crippen LogP contribution < -0.4 is 5.32 Å². The van der Waals surface area contributed by atoms with Crippen LogP contribution in [0.1, 0.15) is 29.0 Å². The summed E-state index contributed by atoms with van der Waals surface area (Å²) in [6, 6.07) is 6.17. The summed E-state index contributed by atoms with van der Waals surface area (Å²) in [5.41, 5.74) is 0.255. The molecule has 0 aliphatic rings. The summed E-state index contributed by atoms with van der Waals surface area (Å²) in [7, 11) is 0. The monoisotopic (exact) mass is 408 g/mol. The van der Waals surface area contributed by atoms with Crippen molar-refractivity contribution in [2.45, 2.75) is 13.0 Å². The van der Waals surface area contributed by atoms with Crippen molar-refractivity contribution in [1.29, 1.82) is 0 Å². The largest absolute Gasteiger partial charge is 0.451 e. The van der Waals surface area contributed by atoms with Gasteiger partial charge in [-0.15, -0.1) is 22.7 Å². The number of nitrogens with one attached hydrogen (secondary N) is 1. The number of carbonyl (C=O) groups is 2. The second kappa shape index (κ2) is 8.36. The van der Waals surface area contributed by atoms with Crippen molar-refractivity contribution >= 4 is 34.6 Å². The Kier molecular flexibility index (Phi) is 5.92. The molecule has 0 bridgehead atoms. The molecule has 1 N–H and O–H groups in total. The minimum Gasteiger partial charge on any atom is -0.451 e. The molecule has 5 nitrogen and oxygen atoms in total. The summed E-state index contributed by atoms with van der Waals surface area (Å²) in [5, 5.41) is 6.66. The van der Waals surface area contributed by atoms with Crippen LogP contribution in [0.4, 0.5) is 8.78 Å². The van der Waals surface area contributed by atoms with E-state index >= 15 is 0 Å². The number of amides is 1. The van der Waals surface area contributed by atoms with E-state index in [4.69, 9.17) is 4.74 Å². The molecule has 2 heterocycles. The van der Waals surface area contributed by atoms with Crippen LogP contribution in [-0.4, -0.2) is 23.5 Å². The lowest BCUT2D eigenvalue weighted by Gasteiger charge is -2.15. The number of carbonyl (C=O) groups excluding carboxylic acids is 2. The van der Waals surface area contributed by atoms with Crippen LogP contribution in [0.5, 0.6) is 0 Å². The highest BCUT2D eigenvalue weighted by Gasteiger charge is 2.18. The predicted molar refractivity (Wildman–Crippen MR) is 98.6 cm³/mol. The van der Waals surface area contributed by atoms with E-state index in [0.29, 0.717) is 5.01 Å². The van der Waals surface area contributed by atoms with Crippen molar-refractivity contribution in [3.8, 4) is 9.88 Å². The minimum atomic E-state index is -0.761. The number of esters is 1. The number of nitrogens with zero attached hydrogens (tertiary/aromatic N) is 1. The van der Waals surface area contributed by atoms with Gasteiger partial charge in [-0.25, -0.2) is 18.6 Å². The zero-order valence-electron chi connectivity index (χ0n) is 14.1. The molecule has 3 aromatic rings. The van der Waals surface area contributed by atoms with Crippen LogP contribution in [0.25, 0.3) is 9.88 Å². The van der Waals surface area contributed by atoms with Crippen molar-refractivity contribution in [1.82, 2.24) is 10.3 Å². The molecule has 3 rings (SSSR count). The molecule has 2 aromatic heterocycles. The van der Waals surface area contributed by atoms with E-state index in [2.05, 4.69) is 10.3 Å². The van der Waals surface area contributed by atoms with Gasteiger partial charge in [-0.1, -0.05) is 12.1 Å². The molecule has 0 saturated carbocycles. The van der Waals surface area contributed by atoms with Gasteiger partial charge >= 0.3 is 5.97 Å². The first-order valence-corrected chi connectivity index (χ1v) is 9.61. The van der Waals surface area contributed by atoms with Crippen LogP contribution in [0, 0.1) is 11.6 Å². The van der Waals surface area contributed by atoms with Gasteiger partial charge in [0.2, 0.25) is 0 Å². The molecule has 0 saturated heterocycles. The third-order valence-electron chi connectivity index (χ3n) is 3.59. The Morgan fingerprint density at radius 3 is 2.78 bits per heavy atom. The number of hydrogen-bond acceptors (Lipinski definition) is 6. The highest BCUT2D eigenvalue weighted by Crippen LogP contribution is 2.28. The van der Waals surface area contributed by atoms with Crippen molar-refractivity contribution in [2.24, 2.45) is 0 Å². The first kappa shape index (κ1) is 19.1. The molecule has 0 radical (unpaired) electrons. The number of halogens is 2. The van der Waals surface area contributed by atoms with Crippen molar-refractivity contribution in [3.63, 3.8) is 0 Å². The molecule has 0 spiro atoms. The maximum atomic E-state index is 13.7. The predicted octanol–water partition coefficient (Wildman–Crippen LogP) is 4.18. The summed E-state index contributed by atoms with van der Waals surface area (Å²) in [6.07, 6.45) is 0. The lowest BCUT2D eigenvalue weighted by atomic mass is 10.1. The molecule has 1 amide bonds. The van der Waals surface area contributed by atoms with E-state index in [1.54, 1.807) is 12.3 Å². The van der Waals surface area contributed by atoms with Gasteiger partial charge in [0.25, 0.3) is 5.91 Å². The number of benzene rings is 1. The van der Waals surface area contributed by atoms with E-state index in [0.717, 1.165) is 17.0 Å². The molecular weight excluding hydrogens is 394 g/mol. The first-order valence-electron chi connectivity index (χ1n) is 7.85. The maximum absolute atomic E-state index is 13.7. The first-order chi connectivity index (χ1) is 12.9. The number of thiophene rings is 1. The molecule has 0 fully saturated rings. The zero-order valence-corrected chi connectivity index (χ0v) is 15.7. The van der Waals surface area contributed by atoms with Gasteiger partial charge in [0.1, 0.15) is 16.6 Å². The van der Waals surface area contributed by atoms with Crippen LogP contribution >= 0.6 is 22.7 Å². The van der Waals surface area contributed by atoms with Crippen LogP contribution in [0.3, 0.4) is 0 Å². The summed E-state index contributed by atoms with van der Waals surface area (Å²) in [6.45, 7) is 1.02. The number of rotatable bonds is 6. The Morgan fingerprint density at radius 2 is 2.07 bits per heavy atom. The fourth-order valence-electron chi connectivity index (χ4n) is 2.30. The van der Waals surface area contributed by atoms with Gasteiger partial charge in [0, 0.05) is 17.0 Å². The molecular formula is C18H14F2N2O3S2. The fraction of sp³-hybridized carbons (Fsp3) is 0.167. The van der Waals surface area contributed by atoms with Crippen molar-refractivity contribution in [2.75, 3.05) is 6.61 Å². The fourth-order valence-corrected chi connectivity index (χ4v) is 3.90. The van der Waals surface area contributed by atoms with Crippen molar-refractivity contribution in [3.05, 3.63) is 64.0 Å². The van der Waals surface area contributed by atoms with Gasteiger partial charge in [-0.2, -0.15) is 0 Å². The summed E-state index contributed by atoms with van der Waals surface area (Å²) in [5.74, 6) is -2.78. The second-order valence-corrected chi connectivity index (χ2v) is 7.35. The second-order valence-electron chi connectivity index (χ2n) is 5.55. The molecule has 1 aromatic carbocycles. The summed E-state index contributed by atoms with van der Waals surface area (Å²) in [4.78, 5) is 29.1. The Morgan fingerprint density at radius 1 is 1.26 bits per heavy atom. The van der Waals surface area contributed by atoms with E-state index in [1.165, 1.54) is 28.7 Å². The van der Waals surface area contributed by atoms with Crippen molar-refractivity contribution < 1.29 is 23.1 Å². The smallest absolute Gasteiger partial charge is 0.358 e. The Balaban J connectivity index is 1.53. The van der Waals surface area contributed by atoms with E-state index in [9.17, 15) is 18.4 Å². The SMILES string of the molecule is C[C@H](NC(=O)COC(=O)c1csc(-c2cccs2)n1)c1ccc(F)cc1F. The number of aromatic nitrogens is 1. The normalized spacial score (nSPS) is 11.8. The average molecular weight is 408 g/mol. The maximum Gasteiger partial charge on any atom is 0.358 e. The van der Waals surface area contributed by atoms with E-state index < -0.39 is 36.2 Å². The van der Waals surface area contributed by atoms with E-state index in [1.807, 2.05) is 17.5 Å². The van der Waals surface area contributed by atoms with Crippen LogP contribution in [0.2, 0.25) is 0 Å². The zero-order chi connectivity index (χ0) is 19.4. The van der Waals surface area contributed by atoms with Gasteiger partial charge < -0.3 is 10.1 Å². The van der Waals surface area contributed by atoms with Crippen LogP contribution in [0.15, 0.2) is 41.1 Å². The molecule has 0 unspecified atom stereocenters. The van der Waals surface area contributed by atoms with Gasteiger partial charge in [-0.05, 0) is 24.4 Å². The lowest BCUT2D eigenvalue weighted by Crippen LogP contribution is -2.31.